The summed E-state index contributed by atoms with van der Waals surface area (Å²) < 4.78 is 83.6. The number of halogens is 6. The molecule has 0 saturated heterocycles. The number of nitrogens with one attached hydrogen (secondary N) is 5. The van der Waals surface area contributed by atoms with Gasteiger partial charge in [-0.1, -0.05) is 150 Å². The van der Waals surface area contributed by atoms with Crippen molar-refractivity contribution in [3.05, 3.63) is 147 Å². The Hall–Kier alpha value is -18.5. The highest BCUT2D eigenvalue weighted by molar-refractivity contribution is 5.88. The van der Waals surface area contributed by atoms with Gasteiger partial charge in [0, 0.05) is 46.9 Å². The second kappa shape index (κ2) is 86.8. The number of azide groups is 2. The van der Waals surface area contributed by atoms with Crippen molar-refractivity contribution in [1.29, 1.82) is 27.7 Å². The van der Waals surface area contributed by atoms with E-state index < -0.39 is 34.9 Å². The Morgan fingerprint density at radius 1 is 0.331 bits per heavy atom. The Labute approximate surface area is 704 Å². The molecule has 0 aliphatic heterocycles. The van der Waals surface area contributed by atoms with E-state index in [0.717, 1.165) is 86.3 Å². The fraction of sp³-hybridized carbons (Fsp3) is 0.522. The van der Waals surface area contributed by atoms with Crippen LogP contribution in [0.3, 0.4) is 0 Å². The summed E-state index contributed by atoms with van der Waals surface area (Å²) >= 11 is 0. The van der Waals surface area contributed by atoms with E-state index in [9.17, 15) is 26.3 Å². The standard InChI is InChI=1S/C17H24F2.C17H20F2.C12H16F2.H2N22.H3N21.H4N12.H3N11.N6.HN3/c2*1-4-6-12-8-9-13-10-14(7-5-2)16(18)17(19)15(13)11(12)3;1-3-5-9-7-8-10(6-4-2)12(14)11(9)13;1-3-5-7-9-11-13-15-17-19-21-22-20-18-16-14-12-10-8-6-4-2;1-3-5-7-9-11-13-15-17-19-21-20-18-16-14-12-10-8-6-4-2;1-3-5-7-9-11-12-10-8-6-4-2;1-3-5-7-9-11-10-8-6-4-2;1-3-5-6-4-2;1-3-2/h10-12H,4-9H2,1-3H3;8-10H,4-7H2,1-3H3;7-8H,3-6H2,1-2H3;1-2H;(H3,1,2,5,6,9,10,13,14,17,18,21);(H2,1,4,5,8,9,12)(H2,2,3,6,7,10,11);(H3,1,2,5,6,9,10);;1H/b;;;3-1?,4-2?,7-5+,8-6+,11-9+,12-10+,15-13+,16-14+,19-17+,20-18+,22-21+;;;;;. The van der Waals surface area contributed by atoms with Crippen LogP contribution in [0.15, 0.2) is 350 Å². The number of nitrogens with zero attached hydrogens (tertiary/aromatic N) is 66. The average Bonchev–Trinajstić information content (AvgIpc) is 0.779. The van der Waals surface area contributed by atoms with E-state index in [0.29, 0.717) is 64.8 Å². The molecule has 75 nitrogen and oxygen atoms in total. The molecular formula is C46H73F6N75. The zero-order chi connectivity index (χ0) is 95.1. The molecule has 127 heavy (non-hydrogen) atoms. The third-order valence-electron chi connectivity index (χ3n) is 12.8. The molecular weight excluding hydrogens is 1720 g/mol. The Bertz CT molecular complexity index is 4700. The smallest absolute Gasteiger partial charge is 0.280 e. The minimum absolute atomic E-state index is 0.147. The van der Waals surface area contributed by atoms with E-state index in [-0.39, 0.29) is 5.92 Å². The fourth-order valence-corrected chi connectivity index (χ4v) is 8.69. The zero-order valence-corrected chi connectivity index (χ0v) is 67.1. The summed E-state index contributed by atoms with van der Waals surface area (Å²) in [7, 11) is 0. The van der Waals surface area contributed by atoms with Crippen molar-refractivity contribution in [1.82, 2.24) is 0 Å². The molecule has 674 valence electrons. The highest BCUT2D eigenvalue weighted by atomic mass is 19.2. The minimum Gasteiger partial charge on any atom is -0.303 e. The van der Waals surface area contributed by atoms with Gasteiger partial charge < -0.3 is 23.4 Å². The molecule has 0 fully saturated rings. The molecule has 5 rings (SSSR count). The summed E-state index contributed by atoms with van der Waals surface area (Å²) in [5.74, 6) is 15.1. The lowest BCUT2D eigenvalue weighted by molar-refractivity contribution is 0.346. The molecule has 13 N–H and O–H groups in total. The molecule has 0 spiro atoms. The van der Waals surface area contributed by atoms with E-state index in [1.807, 2.05) is 52.8 Å². The molecule has 0 saturated carbocycles. The first-order chi connectivity index (χ1) is 61.9. The third-order valence-corrected chi connectivity index (χ3v) is 12.8. The number of hydrogen-bond donors (Lipinski definition) is 9. The highest BCUT2D eigenvalue weighted by Crippen LogP contribution is 2.41. The molecule has 0 aromatic heterocycles. The van der Waals surface area contributed by atoms with Gasteiger partial charge >= 0.3 is 0 Å². The first kappa shape index (κ1) is 115. The maximum Gasteiger partial charge on any atom is 0.280 e. The van der Waals surface area contributed by atoms with Gasteiger partial charge in [0.25, 0.3) is 5.22 Å². The van der Waals surface area contributed by atoms with E-state index >= 15 is 0 Å². The molecule has 0 radical (unpaired) electrons. The minimum atomic E-state index is -0.684. The summed E-state index contributed by atoms with van der Waals surface area (Å²) in [6.07, 6.45) is 11.9. The van der Waals surface area contributed by atoms with Gasteiger partial charge in [0.1, 0.15) is 0 Å². The van der Waals surface area contributed by atoms with Crippen molar-refractivity contribution in [2.45, 2.75) is 151 Å². The van der Waals surface area contributed by atoms with Gasteiger partial charge in [-0.2, -0.15) is 27.0 Å². The van der Waals surface area contributed by atoms with Crippen LogP contribution >= 0.6 is 0 Å². The lowest BCUT2D eigenvalue weighted by Crippen LogP contribution is -2.21. The predicted octanol–water partition coefficient (Wildman–Crippen LogP) is 26.5. The number of rotatable bonds is 40. The molecule has 0 bridgehead atoms. The van der Waals surface area contributed by atoms with Crippen LogP contribution in [0, 0.1) is 75.4 Å². The molecule has 4 aromatic rings. The van der Waals surface area contributed by atoms with Crippen molar-refractivity contribution in [2.75, 3.05) is 0 Å². The Morgan fingerprint density at radius 3 is 0.827 bits per heavy atom. The molecule has 1 aliphatic carbocycles. The molecule has 2 atom stereocenters. The van der Waals surface area contributed by atoms with Gasteiger partial charge in [-0.25, -0.2) is 26.3 Å². The molecule has 0 heterocycles. The number of aryl methyl sites for hydroxylation is 7. The number of nitrogens with two attached hydrogens (primary N) is 4. The highest BCUT2D eigenvalue weighted by Gasteiger charge is 2.31. The normalized spacial score (nSPS) is 13.7. The first-order valence-corrected chi connectivity index (χ1v) is 33.9. The zero-order valence-electron chi connectivity index (χ0n) is 67.1. The Balaban J connectivity index is -0.000000690. The van der Waals surface area contributed by atoms with Crippen molar-refractivity contribution in [3.8, 4) is 0 Å². The van der Waals surface area contributed by atoms with E-state index in [2.05, 4.69) is 367 Å². The predicted molar refractivity (Wildman–Crippen MR) is 403 cm³/mol. The van der Waals surface area contributed by atoms with Gasteiger partial charge in [-0.3, -0.25) is 0 Å². The monoisotopic (exact) mass is 1790 g/mol. The number of benzene rings is 4. The van der Waals surface area contributed by atoms with Crippen LogP contribution in [0.4, 0.5) is 26.3 Å². The summed E-state index contributed by atoms with van der Waals surface area (Å²) in [4.78, 5) is 6.01. The van der Waals surface area contributed by atoms with Crippen molar-refractivity contribution < 1.29 is 26.3 Å². The van der Waals surface area contributed by atoms with E-state index in [1.165, 1.54) is 0 Å². The van der Waals surface area contributed by atoms with E-state index in [4.69, 9.17) is 44.2 Å². The summed E-state index contributed by atoms with van der Waals surface area (Å²) in [5.41, 5.74) is 57.4. The largest absolute Gasteiger partial charge is 0.303 e. The number of hydrogen-bond acceptors (Lipinski definition) is 9. The first-order valence-electron chi connectivity index (χ1n) is 33.9. The summed E-state index contributed by atoms with van der Waals surface area (Å²) in [5, 5.41) is 173. The van der Waals surface area contributed by atoms with Crippen LogP contribution in [-0.4, -0.2) is 0 Å². The topological polar surface area (TPSA) is 1070 Å². The van der Waals surface area contributed by atoms with Gasteiger partial charge in [-0.05, 0) is 376 Å². The SMILES string of the molecule is CCCc1cc2c(c(F)c1F)C(C)C(CCC)CC2.CCCc1cc2ccc(CCC)c(C)c2c(F)c1F.CCCc1ccc(CCC)c(F)c1F.N/N=N/N=N/N=N/N=N/N=N/N.N=N/N=N/N=N/N=N/N=N/N.N=N/N=N/N=N/N=N/N=N/N=N/N=N/N=N/N=N/N=N/N.N=N/N=N/N=N/N=N/N=N/N=N/N=N/N=N/N=N/N=N/N=N.[N-]=[N+]=N.[N-]=[N+]=NN=[N+]=[N-]. The molecule has 2 unspecified atom stereocenters. The third kappa shape index (κ3) is 61.4. The quantitative estimate of drug-likeness (QED) is 0.00523. The van der Waals surface area contributed by atoms with Crippen LogP contribution in [0.5, 0.6) is 0 Å². The lowest BCUT2D eigenvalue weighted by Gasteiger charge is -2.32. The molecule has 81 heteroatoms. The van der Waals surface area contributed by atoms with Crippen LogP contribution in [0.1, 0.15) is 150 Å². The fourth-order valence-electron chi connectivity index (χ4n) is 8.69. The average molecular weight is 1790 g/mol. The maximum atomic E-state index is 14.4. The maximum absolute atomic E-state index is 14.4. The van der Waals surface area contributed by atoms with Crippen LogP contribution in [0.2, 0.25) is 0 Å². The summed E-state index contributed by atoms with van der Waals surface area (Å²) in [6, 6.07) is 11.1. The molecule has 0 amide bonds. The van der Waals surface area contributed by atoms with Gasteiger partial charge in [0.15, 0.2) is 34.9 Å². The Kier molecular flexibility index (Phi) is 78.4. The lowest BCUT2D eigenvalue weighted by atomic mass is 9.73. The second-order valence-corrected chi connectivity index (χ2v) is 20.3. The van der Waals surface area contributed by atoms with Gasteiger partial charge in [0.2, 0.25) is 0 Å². The van der Waals surface area contributed by atoms with Gasteiger partial charge in [-0.15, -0.1) is 11.1 Å². The van der Waals surface area contributed by atoms with Crippen molar-refractivity contribution in [2.24, 2.45) is 343 Å². The van der Waals surface area contributed by atoms with Crippen LogP contribution in [-0.2, 0) is 38.5 Å². The Morgan fingerprint density at radius 2 is 0.567 bits per heavy atom. The van der Waals surface area contributed by atoms with Crippen molar-refractivity contribution >= 4 is 10.8 Å². The van der Waals surface area contributed by atoms with E-state index in [1.54, 1.807) is 23.1 Å². The van der Waals surface area contributed by atoms with Crippen molar-refractivity contribution in [3.63, 3.8) is 0 Å². The summed E-state index contributed by atoms with van der Waals surface area (Å²) in [6.45, 7) is 16.1. The molecule has 4 aromatic carbocycles. The molecule has 1 aliphatic rings. The van der Waals surface area contributed by atoms with Crippen LogP contribution in [0.25, 0.3) is 42.1 Å². The number of fused-ring (bicyclic) bond motifs is 2. The van der Waals surface area contributed by atoms with Crippen LogP contribution < -0.4 is 23.4 Å². The van der Waals surface area contributed by atoms with Gasteiger partial charge in [0.05, 0.1) is 5.22 Å². The second-order valence-electron chi connectivity index (χ2n) is 20.3.